The van der Waals surface area contributed by atoms with Gasteiger partial charge >= 0.3 is 0 Å². The summed E-state index contributed by atoms with van der Waals surface area (Å²) < 4.78 is 5.41. The van der Waals surface area contributed by atoms with Crippen LogP contribution in [0.1, 0.15) is 38.4 Å². The Balaban J connectivity index is 1.82. The molecule has 96 valence electrons. The Morgan fingerprint density at radius 1 is 1.47 bits per heavy atom. The molecular formula is C14H24N2O. The molecule has 1 aliphatic carbocycles. The molecule has 2 rings (SSSR count). The van der Waals surface area contributed by atoms with Crippen LogP contribution in [0, 0.1) is 5.92 Å². The maximum absolute atomic E-state index is 6.04. The van der Waals surface area contributed by atoms with Crippen molar-refractivity contribution in [1.29, 1.82) is 0 Å². The fourth-order valence-electron chi connectivity index (χ4n) is 2.79. The number of furan rings is 1. The first-order valence-corrected chi connectivity index (χ1v) is 6.78. The first kappa shape index (κ1) is 12.7. The summed E-state index contributed by atoms with van der Waals surface area (Å²) in [5.74, 6) is 1.83. The fourth-order valence-corrected chi connectivity index (χ4v) is 2.79. The summed E-state index contributed by atoms with van der Waals surface area (Å²) in [4.78, 5) is 2.46. The summed E-state index contributed by atoms with van der Waals surface area (Å²) in [5, 5.41) is 0. The molecule has 1 fully saturated rings. The molecule has 1 aromatic rings. The maximum Gasteiger partial charge on any atom is 0.117 e. The third kappa shape index (κ3) is 3.86. The Bertz CT molecular complexity index is 310. The summed E-state index contributed by atoms with van der Waals surface area (Å²) in [6, 6.07) is 4.44. The maximum atomic E-state index is 6.04. The lowest BCUT2D eigenvalue weighted by atomic mass is 9.86. The van der Waals surface area contributed by atoms with Crippen molar-refractivity contribution in [3.63, 3.8) is 0 Å². The molecular weight excluding hydrogens is 212 g/mol. The second-order valence-electron chi connectivity index (χ2n) is 5.20. The highest BCUT2D eigenvalue weighted by Gasteiger charge is 2.21. The molecule has 0 spiro atoms. The lowest BCUT2D eigenvalue weighted by molar-refractivity contribution is 0.183. The van der Waals surface area contributed by atoms with Crippen LogP contribution in [-0.2, 0) is 6.54 Å². The third-order valence-electron chi connectivity index (χ3n) is 3.75. The van der Waals surface area contributed by atoms with Crippen LogP contribution in [-0.4, -0.2) is 24.0 Å². The summed E-state index contributed by atoms with van der Waals surface area (Å²) in [6.45, 7) is 5.37. The minimum atomic E-state index is 0.427. The Labute approximate surface area is 104 Å². The van der Waals surface area contributed by atoms with E-state index in [9.17, 15) is 0 Å². The van der Waals surface area contributed by atoms with Crippen LogP contribution in [0.4, 0.5) is 0 Å². The normalized spacial score (nSPS) is 25.4. The van der Waals surface area contributed by atoms with Crippen LogP contribution >= 0.6 is 0 Å². The molecule has 1 saturated carbocycles. The Morgan fingerprint density at radius 2 is 2.35 bits per heavy atom. The molecule has 1 heterocycles. The van der Waals surface area contributed by atoms with Crippen LogP contribution in [0.5, 0.6) is 0 Å². The van der Waals surface area contributed by atoms with E-state index in [-0.39, 0.29) is 0 Å². The van der Waals surface area contributed by atoms with Gasteiger partial charge in [-0.15, -0.1) is 0 Å². The van der Waals surface area contributed by atoms with Crippen molar-refractivity contribution < 1.29 is 4.42 Å². The number of nitrogens with zero attached hydrogens (tertiary/aromatic N) is 1. The van der Waals surface area contributed by atoms with E-state index in [0.29, 0.717) is 6.04 Å². The number of hydrogen-bond donors (Lipinski definition) is 1. The molecule has 2 atom stereocenters. The quantitative estimate of drug-likeness (QED) is 0.854. The topological polar surface area (TPSA) is 42.4 Å². The Kier molecular flexibility index (Phi) is 4.63. The molecule has 2 N–H and O–H groups in total. The lowest BCUT2D eigenvalue weighted by Crippen LogP contribution is -2.35. The predicted molar refractivity (Wildman–Crippen MR) is 69.6 cm³/mol. The zero-order chi connectivity index (χ0) is 12.1. The first-order chi connectivity index (χ1) is 8.28. The Morgan fingerprint density at radius 3 is 3.00 bits per heavy atom. The lowest BCUT2D eigenvalue weighted by Gasteiger charge is -2.31. The smallest absolute Gasteiger partial charge is 0.117 e. The van der Waals surface area contributed by atoms with E-state index in [2.05, 4.69) is 17.9 Å². The molecule has 0 aliphatic heterocycles. The van der Waals surface area contributed by atoms with Gasteiger partial charge in [0.1, 0.15) is 5.76 Å². The van der Waals surface area contributed by atoms with Crippen molar-refractivity contribution in [2.24, 2.45) is 11.7 Å². The van der Waals surface area contributed by atoms with Gasteiger partial charge in [0.25, 0.3) is 0 Å². The largest absolute Gasteiger partial charge is 0.468 e. The molecule has 3 heteroatoms. The van der Waals surface area contributed by atoms with Gasteiger partial charge < -0.3 is 10.2 Å². The van der Waals surface area contributed by atoms with Gasteiger partial charge in [-0.05, 0) is 43.9 Å². The van der Waals surface area contributed by atoms with E-state index >= 15 is 0 Å². The molecule has 1 aromatic heterocycles. The van der Waals surface area contributed by atoms with Crippen LogP contribution < -0.4 is 5.73 Å². The van der Waals surface area contributed by atoms with Gasteiger partial charge in [-0.2, -0.15) is 0 Å². The van der Waals surface area contributed by atoms with Crippen LogP contribution in [0.2, 0.25) is 0 Å². The van der Waals surface area contributed by atoms with Crippen molar-refractivity contribution in [3.05, 3.63) is 24.2 Å². The average molecular weight is 236 g/mol. The molecule has 0 bridgehead atoms. The van der Waals surface area contributed by atoms with E-state index in [0.717, 1.165) is 31.3 Å². The summed E-state index contributed by atoms with van der Waals surface area (Å²) in [6.07, 6.45) is 6.78. The summed E-state index contributed by atoms with van der Waals surface area (Å²) in [7, 11) is 0. The molecule has 0 radical (unpaired) electrons. The molecule has 1 aliphatic rings. The minimum Gasteiger partial charge on any atom is -0.468 e. The molecule has 0 amide bonds. The summed E-state index contributed by atoms with van der Waals surface area (Å²) in [5.41, 5.74) is 6.04. The third-order valence-corrected chi connectivity index (χ3v) is 3.75. The van der Waals surface area contributed by atoms with Gasteiger partial charge in [-0.25, -0.2) is 0 Å². The highest BCUT2D eigenvalue weighted by molar-refractivity contribution is 4.98. The van der Waals surface area contributed by atoms with Crippen molar-refractivity contribution in [3.8, 4) is 0 Å². The monoisotopic (exact) mass is 236 g/mol. The van der Waals surface area contributed by atoms with Gasteiger partial charge in [0.05, 0.1) is 12.8 Å². The van der Waals surface area contributed by atoms with E-state index in [1.165, 1.54) is 25.7 Å². The number of nitrogens with two attached hydrogens (primary N) is 1. The second kappa shape index (κ2) is 6.22. The summed E-state index contributed by atoms with van der Waals surface area (Å²) >= 11 is 0. The van der Waals surface area contributed by atoms with Crippen molar-refractivity contribution >= 4 is 0 Å². The molecule has 3 nitrogen and oxygen atoms in total. The van der Waals surface area contributed by atoms with E-state index < -0.39 is 0 Å². The molecule has 0 aromatic carbocycles. The van der Waals surface area contributed by atoms with Gasteiger partial charge in [-0.3, -0.25) is 4.90 Å². The van der Waals surface area contributed by atoms with Gasteiger partial charge in [0.2, 0.25) is 0 Å². The van der Waals surface area contributed by atoms with Gasteiger partial charge in [0.15, 0.2) is 0 Å². The minimum absolute atomic E-state index is 0.427. The average Bonchev–Trinajstić information content (AvgIpc) is 2.81. The Hall–Kier alpha value is -0.800. The van der Waals surface area contributed by atoms with Crippen LogP contribution in [0.15, 0.2) is 22.8 Å². The van der Waals surface area contributed by atoms with Gasteiger partial charge in [-0.1, -0.05) is 13.3 Å². The number of rotatable bonds is 5. The first-order valence-electron chi connectivity index (χ1n) is 6.78. The fraction of sp³-hybridized carbons (Fsp3) is 0.714. The van der Waals surface area contributed by atoms with E-state index in [1.54, 1.807) is 6.26 Å². The van der Waals surface area contributed by atoms with E-state index in [4.69, 9.17) is 10.2 Å². The van der Waals surface area contributed by atoms with Gasteiger partial charge in [0, 0.05) is 12.6 Å². The van der Waals surface area contributed by atoms with Crippen LogP contribution in [0.3, 0.4) is 0 Å². The van der Waals surface area contributed by atoms with Crippen LogP contribution in [0.25, 0.3) is 0 Å². The standard InChI is InChI=1S/C14H24N2O/c1-2-16(11-14-7-4-8-17-14)10-12-5-3-6-13(15)9-12/h4,7-8,12-13H,2-3,5-6,9-11,15H2,1H3. The highest BCUT2D eigenvalue weighted by Crippen LogP contribution is 2.24. The zero-order valence-electron chi connectivity index (χ0n) is 10.8. The molecule has 17 heavy (non-hydrogen) atoms. The zero-order valence-corrected chi connectivity index (χ0v) is 10.8. The van der Waals surface area contributed by atoms with Crippen molar-refractivity contribution in [2.45, 2.75) is 45.2 Å². The van der Waals surface area contributed by atoms with Crippen molar-refractivity contribution in [1.82, 2.24) is 4.90 Å². The SMILES string of the molecule is CCN(Cc1ccco1)CC1CCCC(N)C1. The molecule has 0 saturated heterocycles. The van der Waals surface area contributed by atoms with E-state index in [1.807, 2.05) is 6.07 Å². The van der Waals surface area contributed by atoms with Crippen molar-refractivity contribution in [2.75, 3.05) is 13.1 Å². The highest BCUT2D eigenvalue weighted by atomic mass is 16.3. The molecule has 2 unspecified atom stereocenters. The predicted octanol–water partition coefficient (Wildman–Crippen LogP) is 2.62. The number of hydrogen-bond acceptors (Lipinski definition) is 3. The second-order valence-corrected chi connectivity index (χ2v) is 5.20.